The first-order valence-electron chi connectivity index (χ1n) is 9.21. The fraction of sp³-hybridized carbons (Fsp3) is 0.650. The van der Waals surface area contributed by atoms with Gasteiger partial charge in [-0.15, -0.1) is 0 Å². The Hall–Kier alpha value is -1.59. The predicted octanol–water partition coefficient (Wildman–Crippen LogP) is 2.76. The standard InChI is InChI=1S/C20H31NO4/c1-13(2)17-8-7-14(3)12-20(17,25)19(24)21-18(9-10-22)15-5-4-6-16(23)11-15/h4-6,11,13-14,17-18,22-23,25H,7-10,12H2,1-3H3,(H,21,24)/t14?,17?,18?,20-/m1/s1. The summed E-state index contributed by atoms with van der Waals surface area (Å²) in [5.74, 6) is 0.157. The highest BCUT2D eigenvalue weighted by Crippen LogP contribution is 2.41. The van der Waals surface area contributed by atoms with Crippen LogP contribution in [0.2, 0.25) is 0 Å². The van der Waals surface area contributed by atoms with Crippen molar-refractivity contribution in [3.05, 3.63) is 29.8 Å². The molecule has 0 bridgehead atoms. The van der Waals surface area contributed by atoms with Gasteiger partial charge in [-0.25, -0.2) is 0 Å². The van der Waals surface area contributed by atoms with E-state index < -0.39 is 11.6 Å². The number of rotatable bonds is 6. The Bertz CT molecular complexity index is 589. The molecule has 25 heavy (non-hydrogen) atoms. The Morgan fingerprint density at radius 1 is 1.36 bits per heavy atom. The highest BCUT2D eigenvalue weighted by atomic mass is 16.3. The van der Waals surface area contributed by atoms with Gasteiger partial charge in [0, 0.05) is 6.61 Å². The zero-order valence-electron chi connectivity index (χ0n) is 15.4. The molecular weight excluding hydrogens is 318 g/mol. The van der Waals surface area contributed by atoms with Crippen LogP contribution in [0, 0.1) is 17.8 Å². The van der Waals surface area contributed by atoms with E-state index in [1.54, 1.807) is 24.3 Å². The Labute approximate surface area is 150 Å². The Balaban J connectivity index is 2.23. The summed E-state index contributed by atoms with van der Waals surface area (Å²) in [5.41, 5.74) is -0.674. The van der Waals surface area contributed by atoms with Crippen molar-refractivity contribution >= 4 is 5.91 Å². The third-order valence-corrected chi connectivity index (χ3v) is 5.44. The molecule has 5 nitrogen and oxygen atoms in total. The molecule has 2 rings (SSSR count). The van der Waals surface area contributed by atoms with Crippen molar-refractivity contribution in [3.63, 3.8) is 0 Å². The van der Waals surface area contributed by atoms with Crippen LogP contribution in [0.25, 0.3) is 0 Å². The van der Waals surface area contributed by atoms with Crippen molar-refractivity contribution in [1.29, 1.82) is 0 Å². The summed E-state index contributed by atoms with van der Waals surface area (Å²) in [7, 11) is 0. The molecule has 4 N–H and O–H groups in total. The number of carbonyl (C=O) groups is 1. The van der Waals surface area contributed by atoms with Gasteiger partial charge < -0.3 is 20.6 Å². The maximum Gasteiger partial charge on any atom is 0.252 e. The predicted molar refractivity (Wildman–Crippen MR) is 97.0 cm³/mol. The van der Waals surface area contributed by atoms with Crippen LogP contribution in [0.3, 0.4) is 0 Å². The lowest BCUT2D eigenvalue weighted by atomic mass is 9.66. The van der Waals surface area contributed by atoms with Crippen molar-refractivity contribution in [2.24, 2.45) is 17.8 Å². The summed E-state index contributed by atoms with van der Waals surface area (Å²) in [5, 5.41) is 33.2. The van der Waals surface area contributed by atoms with Gasteiger partial charge >= 0.3 is 0 Å². The van der Waals surface area contributed by atoms with E-state index in [1.807, 2.05) is 13.8 Å². The molecule has 0 heterocycles. The number of hydrogen-bond donors (Lipinski definition) is 4. The molecule has 1 fully saturated rings. The average molecular weight is 349 g/mol. The summed E-state index contributed by atoms with van der Waals surface area (Å²) in [6.07, 6.45) is 2.63. The number of phenols is 1. The van der Waals surface area contributed by atoms with Crippen LogP contribution in [-0.4, -0.2) is 33.4 Å². The zero-order chi connectivity index (χ0) is 18.6. The number of aliphatic hydroxyl groups is 2. The van der Waals surface area contributed by atoms with Crippen molar-refractivity contribution in [2.75, 3.05) is 6.61 Å². The molecule has 0 saturated heterocycles. The van der Waals surface area contributed by atoms with Crippen molar-refractivity contribution in [2.45, 2.75) is 58.1 Å². The molecule has 0 spiro atoms. The number of amides is 1. The number of phenolic OH excluding ortho intramolecular Hbond substituents is 1. The number of hydrogen-bond acceptors (Lipinski definition) is 4. The first-order chi connectivity index (χ1) is 11.8. The van der Waals surface area contributed by atoms with Gasteiger partial charge in [0.15, 0.2) is 0 Å². The second kappa shape index (κ2) is 8.19. The fourth-order valence-electron chi connectivity index (χ4n) is 4.11. The van der Waals surface area contributed by atoms with Gasteiger partial charge in [-0.1, -0.05) is 39.3 Å². The number of carbonyl (C=O) groups excluding carboxylic acids is 1. The van der Waals surface area contributed by atoms with Crippen LogP contribution in [-0.2, 0) is 4.79 Å². The molecule has 1 saturated carbocycles. The molecule has 0 radical (unpaired) electrons. The summed E-state index contributed by atoms with van der Waals surface area (Å²) < 4.78 is 0. The largest absolute Gasteiger partial charge is 0.508 e. The zero-order valence-corrected chi connectivity index (χ0v) is 15.4. The number of aliphatic hydroxyl groups excluding tert-OH is 1. The van der Waals surface area contributed by atoms with E-state index in [2.05, 4.69) is 12.2 Å². The van der Waals surface area contributed by atoms with E-state index in [1.165, 1.54) is 0 Å². The minimum atomic E-state index is -1.39. The quantitative estimate of drug-likeness (QED) is 0.636. The molecule has 1 aromatic carbocycles. The SMILES string of the molecule is CC1CCC(C(C)C)[C@@](O)(C(=O)NC(CCO)c2cccc(O)c2)C1. The first-order valence-corrected chi connectivity index (χ1v) is 9.21. The summed E-state index contributed by atoms with van der Waals surface area (Å²) in [6, 6.07) is 6.20. The molecule has 1 aliphatic carbocycles. The Morgan fingerprint density at radius 2 is 2.08 bits per heavy atom. The average Bonchev–Trinajstić information content (AvgIpc) is 2.53. The monoisotopic (exact) mass is 349 g/mol. The lowest BCUT2D eigenvalue weighted by Crippen LogP contribution is -2.56. The molecule has 4 atom stereocenters. The van der Waals surface area contributed by atoms with Crippen molar-refractivity contribution < 1.29 is 20.1 Å². The van der Waals surface area contributed by atoms with Crippen molar-refractivity contribution in [1.82, 2.24) is 5.32 Å². The molecule has 1 aliphatic rings. The van der Waals surface area contributed by atoms with Crippen LogP contribution < -0.4 is 5.32 Å². The van der Waals surface area contributed by atoms with E-state index in [0.29, 0.717) is 18.8 Å². The normalized spacial score (nSPS) is 27.9. The van der Waals surface area contributed by atoms with Gasteiger partial charge in [0.1, 0.15) is 11.4 Å². The van der Waals surface area contributed by atoms with Gasteiger partial charge in [0.2, 0.25) is 0 Å². The van der Waals surface area contributed by atoms with E-state index in [0.717, 1.165) is 18.4 Å². The molecule has 3 unspecified atom stereocenters. The number of aromatic hydroxyl groups is 1. The van der Waals surface area contributed by atoms with E-state index in [4.69, 9.17) is 0 Å². The topological polar surface area (TPSA) is 89.8 Å². The second-order valence-electron chi connectivity index (χ2n) is 7.79. The molecular formula is C20H31NO4. The molecule has 5 heteroatoms. The maximum absolute atomic E-state index is 13.0. The van der Waals surface area contributed by atoms with Crippen LogP contribution >= 0.6 is 0 Å². The highest BCUT2D eigenvalue weighted by molar-refractivity contribution is 5.86. The van der Waals surface area contributed by atoms with E-state index in [9.17, 15) is 20.1 Å². The molecule has 0 aromatic heterocycles. The van der Waals surface area contributed by atoms with Gasteiger partial charge in [0.25, 0.3) is 5.91 Å². The van der Waals surface area contributed by atoms with E-state index in [-0.39, 0.29) is 30.1 Å². The van der Waals surface area contributed by atoms with Gasteiger partial charge in [-0.2, -0.15) is 0 Å². The summed E-state index contributed by atoms with van der Waals surface area (Å²) in [4.78, 5) is 13.0. The summed E-state index contributed by atoms with van der Waals surface area (Å²) in [6.45, 7) is 6.05. The third kappa shape index (κ3) is 4.53. The first kappa shape index (κ1) is 19.7. The number of benzene rings is 1. The van der Waals surface area contributed by atoms with E-state index >= 15 is 0 Å². The highest BCUT2D eigenvalue weighted by Gasteiger charge is 2.48. The number of nitrogens with one attached hydrogen (secondary N) is 1. The summed E-state index contributed by atoms with van der Waals surface area (Å²) >= 11 is 0. The fourth-order valence-corrected chi connectivity index (χ4v) is 4.11. The Kier molecular flexibility index (Phi) is 6.47. The van der Waals surface area contributed by atoms with Crippen LogP contribution in [0.5, 0.6) is 5.75 Å². The minimum absolute atomic E-state index is 0.0809. The van der Waals surface area contributed by atoms with Gasteiger partial charge in [0.05, 0.1) is 6.04 Å². The van der Waals surface area contributed by atoms with Gasteiger partial charge in [-0.3, -0.25) is 4.79 Å². The lowest BCUT2D eigenvalue weighted by Gasteiger charge is -2.44. The lowest BCUT2D eigenvalue weighted by molar-refractivity contribution is -0.156. The molecule has 1 aromatic rings. The smallest absolute Gasteiger partial charge is 0.252 e. The Morgan fingerprint density at radius 3 is 2.68 bits per heavy atom. The van der Waals surface area contributed by atoms with Crippen LogP contribution in [0.15, 0.2) is 24.3 Å². The third-order valence-electron chi connectivity index (χ3n) is 5.44. The molecule has 1 amide bonds. The molecule has 0 aliphatic heterocycles. The second-order valence-corrected chi connectivity index (χ2v) is 7.79. The van der Waals surface area contributed by atoms with Crippen LogP contribution in [0.4, 0.5) is 0 Å². The molecule has 140 valence electrons. The van der Waals surface area contributed by atoms with Crippen LogP contribution in [0.1, 0.15) is 58.1 Å². The van der Waals surface area contributed by atoms with Crippen molar-refractivity contribution in [3.8, 4) is 5.75 Å². The van der Waals surface area contributed by atoms with Gasteiger partial charge in [-0.05, 0) is 54.7 Å². The minimum Gasteiger partial charge on any atom is -0.508 e. The maximum atomic E-state index is 13.0.